The summed E-state index contributed by atoms with van der Waals surface area (Å²) in [5, 5.41) is 0. The lowest BCUT2D eigenvalue weighted by Gasteiger charge is -1.91. The molecular formula is C9H20. The number of unbranched alkanes of at least 4 members (excludes halogenated alkanes) is 4. The minimum Gasteiger partial charge on any atom is -0.103 e. The van der Waals surface area contributed by atoms with E-state index in [0.717, 1.165) is 0 Å². The zero-order valence-corrected chi connectivity index (χ0v) is 5.82. The van der Waals surface area contributed by atoms with Crippen molar-refractivity contribution in [3.05, 3.63) is 12.7 Å². The number of rotatable bonds is 5. The number of hydrogen-bond donors (Lipinski definition) is 0. The molecule has 0 heteroatoms. The third-order valence-electron chi connectivity index (χ3n) is 1.26. The lowest BCUT2D eigenvalue weighted by Crippen LogP contribution is -1.71. The molecule has 0 bridgehead atoms. The smallest absolute Gasteiger partial charge is 0.0353 e. The van der Waals surface area contributed by atoms with Crippen molar-refractivity contribution in [2.75, 3.05) is 0 Å². The van der Waals surface area contributed by atoms with Gasteiger partial charge >= 0.3 is 0 Å². The summed E-state index contributed by atoms with van der Waals surface area (Å²) in [5.74, 6) is 0. The molecule has 0 amide bonds. The van der Waals surface area contributed by atoms with Crippen LogP contribution in [0.1, 0.15) is 46.5 Å². The molecule has 0 fully saturated rings. The zero-order valence-electron chi connectivity index (χ0n) is 5.82. The van der Waals surface area contributed by atoms with Gasteiger partial charge in [-0.3, -0.25) is 0 Å². The van der Waals surface area contributed by atoms with Crippen molar-refractivity contribution in [3.63, 3.8) is 0 Å². The van der Waals surface area contributed by atoms with E-state index in [9.17, 15) is 0 Å². The van der Waals surface area contributed by atoms with Crippen molar-refractivity contribution < 1.29 is 0 Å². The van der Waals surface area contributed by atoms with Gasteiger partial charge in [0.15, 0.2) is 0 Å². The average molecular weight is 128 g/mol. The fraction of sp³-hybridized carbons (Fsp3) is 0.778. The van der Waals surface area contributed by atoms with E-state index in [1.165, 1.54) is 32.1 Å². The van der Waals surface area contributed by atoms with E-state index in [-0.39, 0.29) is 7.43 Å². The Morgan fingerprint density at radius 3 is 2.33 bits per heavy atom. The standard InChI is InChI=1S/C8H16.CH4/c1-3-5-7-8-6-4-2;/h3H,1,4-8H2,2H3;1H4. The lowest BCUT2D eigenvalue weighted by atomic mass is 10.2. The van der Waals surface area contributed by atoms with Crippen LogP contribution in [0.25, 0.3) is 0 Å². The first kappa shape index (κ1) is 11.5. The molecular weight excluding hydrogens is 108 g/mol. The normalized spacial score (nSPS) is 8.11. The van der Waals surface area contributed by atoms with Crippen LogP contribution < -0.4 is 0 Å². The molecule has 0 saturated carbocycles. The first-order valence-corrected chi connectivity index (χ1v) is 3.52. The Balaban J connectivity index is 0. The summed E-state index contributed by atoms with van der Waals surface area (Å²) in [6, 6.07) is 0. The summed E-state index contributed by atoms with van der Waals surface area (Å²) in [6.07, 6.45) is 8.61. The summed E-state index contributed by atoms with van der Waals surface area (Å²) in [5.41, 5.74) is 0. The van der Waals surface area contributed by atoms with Crippen LogP contribution in [-0.4, -0.2) is 0 Å². The molecule has 0 aliphatic rings. The third kappa shape index (κ3) is 11.4. The Kier molecular flexibility index (Phi) is 13.7. The second-order valence-corrected chi connectivity index (χ2v) is 2.14. The maximum Gasteiger partial charge on any atom is -0.0353 e. The van der Waals surface area contributed by atoms with E-state index in [1.54, 1.807) is 0 Å². The van der Waals surface area contributed by atoms with Crippen LogP contribution in [0.2, 0.25) is 0 Å². The number of hydrogen-bond acceptors (Lipinski definition) is 0. The largest absolute Gasteiger partial charge is 0.103 e. The molecule has 0 aromatic carbocycles. The molecule has 0 nitrogen and oxygen atoms in total. The van der Waals surface area contributed by atoms with Crippen LogP contribution in [0.3, 0.4) is 0 Å². The minimum atomic E-state index is 0. The summed E-state index contributed by atoms with van der Waals surface area (Å²) in [4.78, 5) is 0. The van der Waals surface area contributed by atoms with Gasteiger partial charge in [0.1, 0.15) is 0 Å². The molecule has 0 aliphatic heterocycles. The Morgan fingerprint density at radius 2 is 1.89 bits per heavy atom. The predicted molar refractivity (Wildman–Crippen MR) is 45.7 cm³/mol. The molecule has 0 atom stereocenters. The highest BCUT2D eigenvalue weighted by atomic mass is 13.9. The van der Waals surface area contributed by atoms with Gasteiger partial charge in [-0.15, -0.1) is 6.58 Å². The van der Waals surface area contributed by atoms with Crippen LogP contribution in [0.5, 0.6) is 0 Å². The van der Waals surface area contributed by atoms with E-state index >= 15 is 0 Å². The van der Waals surface area contributed by atoms with Gasteiger partial charge in [0, 0.05) is 0 Å². The molecule has 56 valence electrons. The van der Waals surface area contributed by atoms with Crippen LogP contribution in [-0.2, 0) is 0 Å². The SMILES string of the molecule is C.C=CCCCCCC. The van der Waals surface area contributed by atoms with Crippen molar-refractivity contribution in [2.24, 2.45) is 0 Å². The molecule has 0 rings (SSSR count). The topological polar surface area (TPSA) is 0 Å². The second-order valence-electron chi connectivity index (χ2n) is 2.14. The van der Waals surface area contributed by atoms with E-state index in [0.29, 0.717) is 0 Å². The van der Waals surface area contributed by atoms with Crippen LogP contribution >= 0.6 is 0 Å². The van der Waals surface area contributed by atoms with Crippen molar-refractivity contribution in [1.82, 2.24) is 0 Å². The van der Waals surface area contributed by atoms with E-state index < -0.39 is 0 Å². The Labute approximate surface area is 60.0 Å². The van der Waals surface area contributed by atoms with Gasteiger partial charge in [-0.1, -0.05) is 39.7 Å². The molecule has 0 aromatic heterocycles. The highest BCUT2D eigenvalue weighted by Gasteiger charge is 1.81. The van der Waals surface area contributed by atoms with Gasteiger partial charge in [0.2, 0.25) is 0 Å². The Morgan fingerprint density at radius 1 is 1.22 bits per heavy atom. The number of allylic oxidation sites excluding steroid dienone is 1. The molecule has 0 spiro atoms. The second kappa shape index (κ2) is 10.7. The van der Waals surface area contributed by atoms with Crippen molar-refractivity contribution in [3.8, 4) is 0 Å². The van der Waals surface area contributed by atoms with Gasteiger partial charge in [-0.2, -0.15) is 0 Å². The van der Waals surface area contributed by atoms with Crippen molar-refractivity contribution >= 4 is 0 Å². The average Bonchev–Trinajstić information content (AvgIpc) is 1.81. The molecule has 0 aliphatic carbocycles. The van der Waals surface area contributed by atoms with E-state index in [2.05, 4.69) is 13.5 Å². The van der Waals surface area contributed by atoms with Crippen LogP contribution in [0.15, 0.2) is 12.7 Å². The maximum atomic E-state index is 3.66. The van der Waals surface area contributed by atoms with Gasteiger partial charge in [0.05, 0.1) is 0 Å². The van der Waals surface area contributed by atoms with Crippen molar-refractivity contribution in [2.45, 2.75) is 46.5 Å². The quantitative estimate of drug-likeness (QED) is 0.390. The fourth-order valence-electron chi connectivity index (χ4n) is 0.715. The highest BCUT2D eigenvalue weighted by molar-refractivity contribution is 4.64. The van der Waals surface area contributed by atoms with Gasteiger partial charge in [-0.05, 0) is 12.8 Å². The van der Waals surface area contributed by atoms with E-state index in [4.69, 9.17) is 0 Å². The molecule has 0 unspecified atom stereocenters. The predicted octanol–water partition coefficient (Wildman–Crippen LogP) is 3.78. The molecule has 0 saturated heterocycles. The van der Waals surface area contributed by atoms with Gasteiger partial charge < -0.3 is 0 Å². The zero-order chi connectivity index (χ0) is 6.24. The van der Waals surface area contributed by atoms with Crippen LogP contribution in [0.4, 0.5) is 0 Å². The third-order valence-corrected chi connectivity index (χ3v) is 1.26. The highest BCUT2D eigenvalue weighted by Crippen LogP contribution is 2.01. The molecule has 0 heterocycles. The van der Waals surface area contributed by atoms with Gasteiger partial charge in [0.25, 0.3) is 0 Å². The Bertz CT molecular complexity index is 46.0. The lowest BCUT2D eigenvalue weighted by molar-refractivity contribution is 0.675. The Hall–Kier alpha value is -0.260. The molecule has 0 N–H and O–H groups in total. The summed E-state index contributed by atoms with van der Waals surface area (Å²) in [6.45, 7) is 5.89. The minimum absolute atomic E-state index is 0. The monoisotopic (exact) mass is 128 g/mol. The van der Waals surface area contributed by atoms with Crippen molar-refractivity contribution in [1.29, 1.82) is 0 Å². The molecule has 0 aromatic rings. The summed E-state index contributed by atoms with van der Waals surface area (Å²) in [7, 11) is 0. The summed E-state index contributed by atoms with van der Waals surface area (Å²) >= 11 is 0. The first-order valence-electron chi connectivity index (χ1n) is 3.52. The first-order chi connectivity index (χ1) is 3.91. The molecule has 9 heavy (non-hydrogen) atoms. The fourth-order valence-corrected chi connectivity index (χ4v) is 0.715. The van der Waals surface area contributed by atoms with Gasteiger partial charge in [-0.25, -0.2) is 0 Å². The molecule has 0 radical (unpaired) electrons. The maximum absolute atomic E-state index is 3.66. The summed E-state index contributed by atoms with van der Waals surface area (Å²) < 4.78 is 0. The van der Waals surface area contributed by atoms with Crippen LogP contribution in [0, 0.1) is 0 Å². The van der Waals surface area contributed by atoms with E-state index in [1.807, 2.05) is 6.08 Å².